The van der Waals surface area contributed by atoms with E-state index in [1.54, 1.807) is 0 Å². The maximum atomic E-state index is 11.8. The summed E-state index contributed by atoms with van der Waals surface area (Å²) in [4.78, 5) is 23.4. The van der Waals surface area contributed by atoms with E-state index in [0.717, 1.165) is 24.2 Å². The maximum absolute atomic E-state index is 11.8. The first-order valence-corrected chi connectivity index (χ1v) is 11.8. The van der Waals surface area contributed by atoms with Gasteiger partial charge in [-0.15, -0.1) is 0 Å². The molecule has 0 saturated heterocycles. The molecule has 0 heterocycles. The lowest BCUT2D eigenvalue weighted by atomic mass is 10.1. The summed E-state index contributed by atoms with van der Waals surface area (Å²) in [5.74, 6) is 0.546. The highest BCUT2D eigenvalue weighted by molar-refractivity contribution is 8.32. The number of hydrogen-bond acceptors (Lipinski definition) is 5. The van der Waals surface area contributed by atoms with Crippen LogP contribution in [0.1, 0.15) is 24.8 Å². The lowest BCUT2D eigenvalue weighted by Gasteiger charge is -2.24. The molecule has 0 bridgehead atoms. The number of unbranched alkanes of at least 4 members (excludes halogenated alkanes) is 1. The van der Waals surface area contributed by atoms with Crippen LogP contribution in [0.5, 0.6) is 0 Å². The molecule has 0 aliphatic carbocycles. The van der Waals surface area contributed by atoms with Gasteiger partial charge in [0.1, 0.15) is 12.6 Å². The molecule has 1 rings (SSSR count). The summed E-state index contributed by atoms with van der Waals surface area (Å²) >= 11 is 0. The number of alkyl carbamates (subject to hydrolysis) is 1. The second kappa shape index (κ2) is 11.8. The summed E-state index contributed by atoms with van der Waals surface area (Å²) in [6, 6.07) is 8.91. The Morgan fingerprint density at radius 2 is 1.81 bits per heavy atom. The van der Waals surface area contributed by atoms with Crippen LogP contribution in [0.15, 0.2) is 30.3 Å². The molecule has 0 aliphatic heterocycles. The minimum atomic E-state index is -0.671. The maximum Gasteiger partial charge on any atom is 0.407 e. The Kier molecular flexibility index (Phi) is 10.1. The van der Waals surface area contributed by atoms with Crippen LogP contribution in [0.4, 0.5) is 4.79 Å². The topological polar surface area (TPSA) is 90.6 Å². The Labute approximate surface area is 158 Å². The number of benzene rings is 1. The van der Waals surface area contributed by atoms with E-state index >= 15 is 0 Å². The van der Waals surface area contributed by atoms with Crippen molar-refractivity contribution in [2.75, 3.05) is 37.7 Å². The SMILES string of the molecule is CS(C)(C)CCOC(=O)[C@@H](N)CCCCNC(=O)OCc1ccccc1. The zero-order chi connectivity index (χ0) is 19.4. The van der Waals surface area contributed by atoms with Crippen molar-refractivity contribution in [3.05, 3.63) is 35.9 Å². The van der Waals surface area contributed by atoms with E-state index in [2.05, 4.69) is 24.1 Å². The standard InChI is InChI=1S/C19H32N2O4S/c1-26(2,3)14-13-24-18(22)17(20)11-7-8-12-21-19(23)25-15-16-9-5-4-6-10-16/h4-6,9-10,17H,7-8,11-15,20H2,1-3H3,(H,21,23)/t17-/m0/s1. The number of carbonyl (C=O) groups is 2. The van der Waals surface area contributed by atoms with Crippen LogP contribution in [0.3, 0.4) is 0 Å². The first-order valence-electron chi connectivity index (χ1n) is 8.81. The summed E-state index contributed by atoms with van der Waals surface area (Å²) in [6.45, 7) is 1.17. The van der Waals surface area contributed by atoms with Crippen molar-refractivity contribution in [2.24, 2.45) is 5.73 Å². The Morgan fingerprint density at radius 1 is 1.12 bits per heavy atom. The molecule has 1 atom stereocenters. The van der Waals surface area contributed by atoms with Gasteiger partial charge >= 0.3 is 12.1 Å². The van der Waals surface area contributed by atoms with E-state index in [1.807, 2.05) is 30.3 Å². The molecule has 1 aromatic carbocycles. The predicted octanol–water partition coefficient (Wildman–Crippen LogP) is 2.65. The third-order valence-corrected chi connectivity index (χ3v) is 5.06. The quantitative estimate of drug-likeness (QED) is 0.452. The number of esters is 1. The monoisotopic (exact) mass is 384 g/mol. The average Bonchev–Trinajstić information content (AvgIpc) is 2.59. The zero-order valence-corrected chi connectivity index (χ0v) is 16.8. The Hall–Kier alpha value is -1.73. The van der Waals surface area contributed by atoms with Gasteiger partial charge in [-0.2, -0.15) is 0 Å². The number of nitrogens with two attached hydrogens (primary N) is 1. The molecule has 0 aromatic heterocycles. The summed E-state index contributed by atoms with van der Waals surface area (Å²) in [6.07, 6.45) is 8.10. The minimum Gasteiger partial charge on any atom is -0.464 e. The van der Waals surface area contributed by atoms with Crippen molar-refractivity contribution in [1.82, 2.24) is 5.32 Å². The number of hydrogen-bond donors (Lipinski definition) is 2. The van der Waals surface area contributed by atoms with E-state index in [9.17, 15) is 9.59 Å². The summed E-state index contributed by atoms with van der Waals surface area (Å²) in [7, 11) is -0.671. The Morgan fingerprint density at radius 3 is 2.46 bits per heavy atom. The van der Waals surface area contributed by atoms with Crippen LogP contribution < -0.4 is 11.1 Å². The van der Waals surface area contributed by atoms with E-state index in [1.165, 1.54) is 0 Å². The number of rotatable bonds is 11. The largest absolute Gasteiger partial charge is 0.464 e. The van der Waals surface area contributed by atoms with E-state index < -0.39 is 22.2 Å². The first kappa shape index (κ1) is 22.3. The Bertz CT molecular complexity index is 546. The van der Waals surface area contributed by atoms with Crippen LogP contribution in [0.25, 0.3) is 0 Å². The molecule has 0 fully saturated rings. The number of amides is 1. The van der Waals surface area contributed by atoms with Crippen molar-refractivity contribution in [3.8, 4) is 0 Å². The van der Waals surface area contributed by atoms with Crippen LogP contribution in [-0.4, -0.2) is 55.8 Å². The van der Waals surface area contributed by atoms with Crippen molar-refractivity contribution in [3.63, 3.8) is 0 Å². The third kappa shape index (κ3) is 11.0. The van der Waals surface area contributed by atoms with Crippen LogP contribution in [-0.2, 0) is 20.9 Å². The predicted molar refractivity (Wildman–Crippen MR) is 108 cm³/mol. The highest BCUT2D eigenvalue weighted by Crippen LogP contribution is 2.33. The van der Waals surface area contributed by atoms with Crippen molar-refractivity contribution in [1.29, 1.82) is 0 Å². The van der Waals surface area contributed by atoms with Gasteiger partial charge in [0.05, 0.1) is 6.61 Å². The first-order chi connectivity index (χ1) is 12.3. The zero-order valence-electron chi connectivity index (χ0n) is 16.0. The van der Waals surface area contributed by atoms with Gasteiger partial charge in [-0.05, 0) is 43.6 Å². The lowest BCUT2D eigenvalue weighted by Crippen LogP contribution is -2.33. The van der Waals surface area contributed by atoms with E-state index in [0.29, 0.717) is 19.6 Å². The normalized spacial score (nSPS) is 12.9. The van der Waals surface area contributed by atoms with Crippen LogP contribution in [0.2, 0.25) is 0 Å². The number of carbonyl (C=O) groups excluding carboxylic acids is 2. The average molecular weight is 385 g/mol. The summed E-state index contributed by atoms with van der Waals surface area (Å²) in [5, 5.41) is 2.69. The number of nitrogens with one attached hydrogen (secondary N) is 1. The molecule has 0 aliphatic rings. The van der Waals surface area contributed by atoms with E-state index in [-0.39, 0.29) is 12.6 Å². The van der Waals surface area contributed by atoms with Crippen molar-refractivity contribution >= 4 is 22.1 Å². The number of ether oxygens (including phenoxy) is 2. The van der Waals surface area contributed by atoms with Gasteiger partial charge in [0, 0.05) is 12.3 Å². The minimum absolute atomic E-state index is 0.250. The molecule has 0 saturated carbocycles. The highest BCUT2D eigenvalue weighted by Gasteiger charge is 2.15. The molecule has 7 heteroatoms. The summed E-state index contributed by atoms with van der Waals surface area (Å²) < 4.78 is 10.3. The highest BCUT2D eigenvalue weighted by atomic mass is 32.3. The van der Waals surface area contributed by atoms with Crippen molar-refractivity contribution < 1.29 is 19.1 Å². The molecule has 6 nitrogen and oxygen atoms in total. The molecule has 0 spiro atoms. The van der Waals surface area contributed by atoms with Gasteiger partial charge in [-0.25, -0.2) is 14.8 Å². The van der Waals surface area contributed by atoms with Gasteiger partial charge in [0.25, 0.3) is 0 Å². The molecule has 1 amide bonds. The molecule has 0 unspecified atom stereocenters. The van der Waals surface area contributed by atoms with Gasteiger partial charge in [0.2, 0.25) is 0 Å². The van der Waals surface area contributed by atoms with Crippen molar-refractivity contribution in [2.45, 2.75) is 31.9 Å². The van der Waals surface area contributed by atoms with Gasteiger partial charge < -0.3 is 20.5 Å². The molecule has 1 aromatic rings. The molecular weight excluding hydrogens is 352 g/mol. The second-order valence-electron chi connectivity index (χ2n) is 7.05. The van der Waals surface area contributed by atoms with Gasteiger partial charge in [0.15, 0.2) is 0 Å². The smallest absolute Gasteiger partial charge is 0.407 e. The fraction of sp³-hybridized carbons (Fsp3) is 0.579. The molecule has 148 valence electrons. The molecular formula is C19H32N2O4S. The fourth-order valence-corrected chi connectivity index (χ4v) is 2.65. The Balaban J connectivity index is 2.05. The lowest BCUT2D eigenvalue weighted by molar-refractivity contribution is -0.144. The molecule has 3 N–H and O–H groups in total. The molecule has 26 heavy (non-hydrogen) atoms. The van der Waals surface area contributed by atoms with Crippen LogP contribution in [0, 0.1) is 0 Å². The van der Waals surface area contributed by atoms with E-state index in [4.69, 9.17) is 15.2 Å². The third-order valence-electron chi connectivity index (χ3n) is 3.67. The van der Waals surface area contributed by atoms with Gasteiger partial charge in [-0.1, -0.05) is 30.3 Å². The fourth-order valence-electron chi connectivity index (χ4n) is 2.07. The van der Waals surface area contributed by atoms with Gasteiger partial charge in [-0.3, -0.25) is 4.79 Å². The second-order valence-corrected chi connectivity index (χ2v) is 11.6. The van der Waals surface area contributed by atoms with Crippen LogP contribution >= 0.6 is 10.0 Å². The molecule has 0 radical (unpaired) electrons. The summed E-state index contributed by atoms with van der Waals surface area (Å²) in [5.41, 5.74) is 6.79.